The van der Waals surface area contributed by atoms with Crippen molar-refractivity contribution in [2.45, 2.75) is 19.5 Å². The van der Waals surface area contributed by atoms with E-state index in [-0.39, 0.29) is 10.8 Å². The topological polar surface area (TPSA) is 42.7 Å². The van der Waals surface area contributed by atoms with E-state index in [1.807, 2.05) is 6.92 Å². The van der Waals surface area contributed by atoms with Gasteiger partial charge in [-0.05, 0) is 12.5 Å². The van der Waals surface area contributed by atoms with E-state index in [1.165, 1.54) is 6.07 Å². The summed E-state index contributed by atoms with van der Waals surface area (Å²) >= 11 is 12.0. The highest BCUT2D eigenvalue weighted by Gasteiger charge is 2.32. The number of nitrogens with one attached hydrogen (secondary N) is 1. The quantitative estimate of drug-likeness (QED) is 0.897. The van der Waals surface area contributed by atoms with Gasteiger partial charge in [-0.1, -0.05) is 30.1 Å². The molecule has 114 valence electrons. The maximum Gasteiger partial charge on any atom is 0.419 e. The lowest BCUT2D eigenvalue weighted by atomic mass is 10.3. The van der Waals surface area contributed by atoms with E-state index in [1.54, 1.807) is 0 Å². The van der Waals surface area contributed by atoms with Gasteiger partial charge in [-0.15, -0.1) is 0 Å². The first kappa shape index (κ1) is 15.9. The molecule has 2 heterocycles. The minimum absolute atomic E-state index is 0.0789. The van der Waals surface area contributed by atoms with Crippen molar-refractivity contribution in [3.63, 3.8) is 0 Å². The summed E-state index contributed by atoms with van der Waals surface area (Å²) in [5, 5.41) is 7.02. The second-order valence-corrected chi connectivity index (χ2v) is 5.04. The lowest BCUT2D eigenvalue weighted by molar-refractivity contribution is -0.137. The van der Waals surface area contributed by atoms with Crippen LogP contribution in [0.1, 0.15) is 18.9 Å². The van der Waals surface area contributed by atoms with Crippen molar-refractivity contribution in [3.05, 3.63) is 34.1 Å². The standard InChI is InChI=1S/C12H11Cl2F3N4/c1-2-3-18-10-8(13)4-9(14)11(20-10)21-6-7(5-19-21)12(15,16)17/h4-6H,2-3H2,1H3,(H,18,20). The molecule has 0 aliphatic heterocycles. The summed E-state index contributed by atoms with van der Waals surface area (Å²) in [7, 11) is 0. The van der Waals surface area contributed by atoms with Gasteiger partial charge in [-0.3, -0.25) is 0 Å². The first-order valence-corrected chi connectivity index (χ1v) is 6.80. The van der Waals surface area contributed by atoms with Crippen LogP contribution in [0.3, 0.4) is 0 Å². The van der Waals surface area contributed by atoms with E-state index in [4.69, 9.17) is 23.2 Å². The number of aromatic nitrogens is 3. The minimum Gasteiger partial charge on any atom is -0.369 e. The van der Waals surface area contributed by atoms with Crippen LogP contribution >= 0.6 is 23.2 Å². The van der Waals surface area contributed by atoms with Gasteiger partial charge in [0.05, 0.1) is 21.8 Å². The van der Waals surface area contributed by atoms with E-state index < -0.39 is 11.7 Å². The lowest BCUT2D eigenvalue weighted by Gasteiger charge is -2.10. The molecule has 0 atom stereocenters. The highest BCUT2D eigenvalue weighted by Crippen LogP contribution is 2.31. The summed E-state index contributed by atoms with van der Waals surface area (Å²) in [6, 6.07) is 1.42. The Hall–Kier alpha value is -1.47. The van der Waals surface area contributed by atoms with Crippen LogP contribution in [0.5, 0.6) is 0 Å². The molecular formula is C12H11Cl2F3N4. The average molecular weight is 339 g/mol. The Morgan fingerprint density at radius 1 is 1.29 bits per heavy atom. The summed E-state index contributed by atoms with van der Waals surface area (Å²) in [5.74, 6) is 0.428. The van der Waals surface area contributed by atoms with Crippen LogP contribution in [-0.4, -0.2) is 21.3 Å². The molecule has 21 heavy (non-hydrogen) atoms. The average Bonchev–Trinajstić information content (AvgIpc) is 2.87. The summed E-state index contributed by atoms with van der Waals surface area (Å²) in [6.07, 6.45) is -2.09. The third-order valence-corrected chi connectivity index (χ3v) is 3.15. The van der Waals surface area contributed by atoms with Crippen LogP contribution in [-0.2, 0) is 6.18 Å². The van der Waals surface area contributed by atoms with Gasteiger partial charge in [0, 0.05) is 12.7 Å². The second kappa shape index (κ2) is 6.11. The Morgan fingerprint density at radius 2 is 2.00 bits per heavy atom. The smallest absolute Gasteiger partial charge is 0.369 e. The number of hydrogen-bond donors (Lipinski definition) is 1. The zero-order valence-corrected chi connectivity index (χ0v) is 12.4. The second-order valence-electron chi connectivity index (χ2n) is 4.22. The van der Waals surface area contributed by atoms with Gasteiger partial charge >= 0.3 is 6.18 Å². The number of rotatable bonds is 4. The molecule has 0 spiro atoms. The van der Waals surface area contributed by atoms with Crippen LogP contribution in [0.2, 0.25) is 10.0 Å². The van der Waals surface area contributed by atoms with Crippen LogP contribution in [0.4, 0.5) is 19.0 Å². The fourth-order valence-corrected chi connectivity index (χ4v) is 2.08. The number of anilines is 1. The molecule has 0 amide bonds. The van der Waals surface area contributed by atoms with Crippen molar-refractivity contribution < 1.29 is 13.2 Å². The Balaban J connectivity index is 2.41. The molecule has 0 bridgehead atoms. The van der Waals surface area contributed by atoms with E-state index >= 15 is 0 Å². The van der Waals surface area contributed by atoms with Crippen molar-refractivity contribution in [2.75, 3.05) is 11.9 Å². The molecule has 2 aromatic heterocycles. The molecule has 0 aliphatic rings. The molecule has 0 saturated heterocycles. The van der Waals surface area contributed by atoms with Gasteiger partial charge < -0.3 is 5.32 Å². The molecule has 2 rings (SSSR count). The molecule has 0 saturated carbocycles. The summed E-state index contributed by atoms with van der Waals surface area (Å²) in [6.45, 7) is 2.58. The predicted molar refractivity (Wildman–Crippen MR) is 75.2 cm³/mol. The summed E-state index contributed by atoms with van der Waals surface area (Å²) < 4.78 is 38.7. The summed E-state index contributed by atoms with van der Waals surface area (Å²) in [4.78, 5) is 4.13. The fraction of sp³-hybridized carbons (Fsp3) is 0.333. The molecule has 0 aromatic carbocycles. The van der Waals surface area contributed by atoms with Gasteiger partial charge in [-0.2, -0.15) is 18.3 Å². The van der Waals surface area contributed by atoms with Crippen molar-refractivity contribution in [3.8, 4) is 5.82 Å². The zero-order chi connectivity index (χ0) is 15.6. The molecule has 0 unspecified atom stereocenters. The van der Waals surface area contributed by atoms with E-state index in [9.17, 15) is 13.2 Å². The fourth-order valence-electron chi connectivity index (χ4n) is 1.57. The highest BCUT2D eigenvalue weighted by atomic mass is 35.5. The van der Waals surface area contributed by atoms with Gasteiger partial charge in [-0.25, -0.2) is 9.67 Å². The molecular weight excluding hydrogens is 328 g/mol. The van der Waals surface area contributed by atoms with E-state index in [2.05, 4.69) is 15.4 Å². The first-order valence-electron chi connectivity index (χ1n) is 6.05. The van der Waals surface area contributed by atoms with E-state index in [0.717, 1.165) is 17.3 Å². The minimum atomic E-state index is -4.47. The maximum absolute atomic E-state index is 12.6. The number of hydrogen-bond acceptors (Lipinski definition) is 3. The van der Waals surface area contributed by atoms with Crippen molar-refractivity contribution >= 4 is 29.0 Å². The van der Waals surface area contributed by atoms with Crippen LogP contribution in [0.15, 0.2) is 18.5 Å². The highest BCUT2D eigenvalue weighted by molar-refractivity contribution is 6.36. The monoisotopic (exact) mass is 338 g/mol. The molecule has 0 fully saturated rings. The van der Waals surface area contributed by atoms with Crippen LogP contribution in [0, 0.1) is 0 Å². The Labute approximate surface area is 128 Å². The number of pyridine rings is 1. The van der Waals surface area contributed by atoms with E-state index in [0.29, 0.717) is 23.6 Å². The van der Waals surface area contributed by atoms with Crippen LogP contribution < -0.4 is 5.32 Å². The lowest BCUT2D eigenvalue weighted by Crippen LogP contribution is -2.07. The molecule has 0 radical (unpaired) electrons. The SMILES string of the molecule is CCCNc1nc(-n2cc(C(F)(F)F)cn2)c(Cl)cc1Cl. The molecule has 2 aromatic rings. The first-order chi connectivity index (χ1) is 9.82. The van der Waals surface area contributed by atoms with Crippen molar-refractivity contribution in [1.82, 2.24) is 14.8 Å². The third kappa shape index (κ3) is 3.59. The Kier molecular flexibility index (Phi) is 4.63. The molecule has 0 aliphatic carbocycles. The Morgan fingerprint density at radius 3 is 2.57 bits per heavy atom. The number of halogens is 5. The molecule has 1 N–H and O–H groups in total. The zero-order valence-electron chi connectivity index (χ0n) is 10.9. The van der Waals surface area contributed by atoms with Gasteiger partial charge in [0.1, 0.15) is 5.82 Å². The molecule has 9 heteroatoms. The Bertz CT molecular complexity index is 640. The van der Waals surface area contributed by atoms with Crippen molar-refractivity contribution in [2.24, 2.45) is 0 Å². The van der Waals surface area contributed by atoms with Crippen LogP contribution in [0.25, 0.3) is 5.82 Å². The normalized spacial score (nSPS) is 11.7. The number of alkyl halides is 3. The van der Waals surface area contributed by atoms with Gasteiger partial charge in [0.2, 0.25) is 0 Å². The maximum atomic E-state index is 12.6. The van der Waals surface area contributed by atoms with Gasteiger partial charge in [0.25, 0.3) is 0 Å². The van der Waals surface area contributed by atoms with Gasteiger partial charge in [0.15, 0.2) is 5.82 Å². The predicted octanol–water partition coefficient (Wildman–Crippen LogP) is 4.41. The third-order valence-electron chi connectivity index (χ3n) is 2.58. The number of nitrogens with zero attached hydrogens (tertiary/aromatic N) is 3. The largest absolute Gasteiger partial charge is 0.419 e. The summed E-state index contributed by atoms with van der Waals surface area (Å²) in [5.41, 5.74) is -0.876. The van der Waals surface area contributed by atoms with Crippen molar-refractivity contribution in [1.29, 1.82) is 0 Å². The molecule has 4 nitrogen and oxygen atoms in total.